The van der Waals surface area contributed by atoms with Gasteiger partial charge in [-0.05, 0) is 18.2 Å². The monoisotopic (exact) mass is 427 g/mol. The van der Waals surface area contributed by atoms with Crippen molar-refractivity contribution in [3.63, 3.8) is 0 Å². The molecule has 3 N–H and O–H groups in total. The van der Waals surface area contributed by atoms with Crippen LogP contribution in [0.4, 0.5) is 14.6 Å². The zero-order valence-corrected chi connectivity index (χ0v) is 15.9. The van der Waals surface area contributed by atoms with Gasteiger partial charge >= 0.3 is 11.6 Å². The lowest BCUT2D eigenvalue weighted by Gasteiger charge is -2.21. The summed E-state index contributed by atoms with van der Waals surface area (Å²) < 4.78 is 44.0. The molecular weight excluding hydrogens is 408 g/mol. The van der Waals surface area contributed by atoms with Gasteiger partial charge in [0.2, 0.25) is 6.23 Å². The molecule has 2 heterocycles. The number of hydrogen-bond acceptors (Lipinski definition) is 8. The Hall–Kier alpha value is -3.09. The molecule has 30 heavy (non-hydrogen) atoms. The number of carbonyl (C=O) groups excluding carboxylic acids is 1. The SMILES string of the molecule is COc1cc(OC)cc(C(=O)Nc2ccn([C@@H]3O[C@H](CO)[C@@H](O)C3(F)F)c(=O)n2)c1. The molecular formula is C18H19F2N3O7. The van der Waals surface area contributed by atoms with Gasteiger partial charge in [0.05, 0.1) is 20.8 Å². The summed E-state index contributed by atoms with van der Waals surface area (Å²) in [5.74, 6) is -3.94. The van der Waals surface area contributed by atoms with Gasteiger partial charge in [0.15, 0.2) is 6.10 Å². The molecule has 162 valence electrons. The second kappa shape index (κ2) is 8.34. The Labute approximate surface area is 168 Å². The van der Waals surface area contributed by atoms with E-state index in [1.807, 2.05) is 0 Å². The third-order valence-electron chi connectivity index (χ3n) is 4.50. The molecule has 0 saturated carbocycles. The highest BCUT2D eigenvalue weighted by Crippen LogP contribution is 2.42. The third kappa shape index (κ3) is 3.97. The number of aromatic nitrogens is 2. The third-order valence-corrected chi connectivity index (χ3v) is 4.50. The number of carbonyl (C=O) groups is 1. The average molecular weight is 427 g/mol. The van der Waals surface area contributed by atoms with Crippen LogP contribution < -0.4 is 20.5 Å². The maximum atomic E-state index is 14.2. The molecule has 10 nitrogen and oxygen atoms in total. The maximum Gasteiger partial charge on any atom is 0.351 e. The number of rotatable bonds is 6. The lowest BCUT2D eigenvalue weighted by molar-refractivity contribution is -0.140. The highest BCUT2D eigenvalue weighted by atomic mass is 19.3. The van der Waals surface area contributed by atoms with Crippen LogP contribution in [0, 0.1) is 0 Å². The van der Waals surface area contributed by atoms with Gasteiger partial charge in [-0.25, -0.2) is 4.79 Å². The van der Waals surface area contributed by atoms with Gasteiger partial charge in [-0.1, -0.05) is 0 Å². The number of halogens is 2. The molecule has 3 atom stereocenters. The fourth-order valence-electron chi connectivity index (χ4n) is 2.91. The van der Waals surface area contributed by atoms with E-state index in [1.54, 1.807) is 6.07 Å². The zero-order valence-electron chi connectivity index (χ0n) is 15.9. The number of alkyl halides is 2. The summed E-state index contributed by atoms with van der Waals surface area (Å²) in [6.07, 6.45) is -5.06. The number of aliphatic hydroxyl groups excluding tert-OH is 2. The number of methoxy groups -OCH3 is 2. The maximum absolute atomic E-state index is 14.2. The average Bonchev–Trinajstić information content (AvgIpc) is 2.96. The topological polar surface area (TPSA) is 132 Å². The number of ether oxygens (including phenoxy) is 3. The summed E-state index contributed by atoms with van der Waals surface area (Å²) in [5.41, 5.74) is -0.997. The largest absolute Gasteiger partial charge is 0.497 e. The first-order valence-electron chi connectivity index (χ1n) is 8.67. The predicted octanol–water partition coefficient (Wildman–Crippen LogP) is 0.399. The second-order valence-corrected chi connectivity index (χ2v) is 6.39. The van der Waals surface area contributed by atoms with Crippen LogP contribution in [-0.2, 0) is 4.74 Å². The van der Waals surface area contributed by atoms with E-state index in [4.69, 9.17) is 19.3 Å². The number of hydrogen-bond donors (Lipinski definition) is 3. The van der Waals surface area contributed by atoms with Crippen LogP contribution in [0.1, 0.15) is 16.6 Å². The van der Waals surface area contributed by atoms with Crippen molar-refractivity contribution in [1.82, 2.24) is 9.55 Å². The Kier molecular flexibility index (Phi) is 6.01. The Balaban J connectivity index is 1.83. The molecule has 1 aromatic carbocycles. The van der Waals surface area contributed by atoms with Crippen molar-refractivity contribution in [2.45, 2.75) is 24.4 Å². The van der Waals surface area contributed by atoms with Gasteiger partial charge in [-0.3, -0.25) is 9.36 Å². The first kappa shape index (κ1) is 21.6. The van der Waals surface area contributed by atoms with Gasteiger partial charge in [-0.2, -0.15) is 13.8 Å². The Morgan fingerprint density at radius 1 is 1.30 bits per heavy atom. The van der Waals surface area contributed by atoms with Gasteiger partial charge in [0.25, 0.3) is 5.91 Å². The predicted molar refractivity (Wildman–Crippen MR) is 97.9 cm³/mol. The fraction of sp³-hybridized carbons (Fsp3) is 0.389. The first-order valence-corrected chi connectivity index (χ1v) is 8.67. The molecule has 1 aliphatic heterocycles. The molecule has 0 aliphatic carbocycles. The van der Waals surface area contributed by atoms with Crippen molar-refractivity contribution in [3.8, 4) is 11.5 Å². The summed E-state index contributed by atoms with van der Waals surface area (Å²) in [4.78, 5) is 28.3. The molecule has 3 rings (SSSR count). The van der Waals surface area contributed by atoms with E-state index in [9.17, 15) is 23.5 Å². The smallest absolute Gasteiger partial charge is 0.351 e. The Morgan fingerprint density at radius 2 is 1.93 bits per heavy atom. The molecule has 0 unspecified atom stereocenters. The van der Waals surface area contributed by atoms with Crippen LogP contribution in [0.25, 0.3) is 0 Å². The number of benzene rings is 1. The van der Waals surface area contributed by atoms with Crippen LogP contribution in [0.5, 0.6) is 11.5 Å². The first-order chi connectivity index (χ1) is 14.2. The minimum Gasteiger partial charge on any atom is -0.497 e. The van der Waals surface area contributed by atoms with Crippen molar-refractivity contribution >= 4 is 11.7 Å². The van der Waals surface area contributed by atoms with Crippen LogP contribution in [0.3, 0.4) is 0 Å². The Bertz CT molecular complexity index is 976. The lowest BCUT2D eigenvalue weighted by Crippen LogP contribution is -2.41. The zero-order chi connectivity index (χ0) is 22.1. The van der Waals surface area contributed by atoms with Gasteiger partial charge in [-0.15, -0.1) is 0 Å². The highest BCUT2D eigenvalue weighted by Gasteiger charge is 2.59. The second-order valence-electron chi connectivity index (χ2n) is 6.39. The number of anilines is 1. The summed E-state index contributed by atoms with van der Waals surface area (Å²) >= 11 is 0. The summed E-state index contributed by atoms with van der Waals surface area (Å²) in [6.45, 7) is -0.854. The van der Waals surface area contributed by atoms with Crippen molar-refractivity contribution in [2.75, 3.05) is 26.1 Å². The fourth-order valence-corrected chi connectivity index (χ4v) is 2.91. The molecule has 1 aliphatic rings. The van der Waals surface area contributed by atoms with Crippen LogP contribution in [-0.4, -0.2) is 64.6 Å². The molecule has 2 aromatic rings. The highest BCUT2D eigenvalue weighted by molar-refractivity contribution is 6.04. The van der Waals surface area contributed by atoms with E-state index in [-0.39, 0.29) is 11.4 Å². The van der Waals surface area contributed by atoms with Gasteiger partial charge in [0.1, 0.15) is 23.4 Å². The molecule has 1 fully saturated rings. The van der Waals surface area contributed by atoms with Crippen molar-refractivity contribution in [3.05, 3.63) is 46.5 Å². The lowest BCUT2D eigenvalue weighted by atomic mass is 10.1. The molecule has 0 radical (unpaired) electrons. The van der Waals surface area contributed by atoms with Crippen LogP contribution in [0.2, 0.25) is 0 Å². The van der Waals surface area contributed by atoms with Gasteiger partial charge in [0, 0.05) is 17.8 Å². The Morgan fingerprint density at radius 3 is 2.43 bits per heavy atom. The minimum absolute atomic E-state index is 0.150. The molecule has 0 bridgehead atoms. The van der Waals surface area contributed by atoms with E-state index >= 15 is 0 Å². The number of nitrogens with one attached hydrogen (secondary N) is 1. The normalized spacial score (nSPS) is 22.5. The van der Waals surface area contributed by atoms with Crippen LogP contribution >= 0.6 is 0 Å². The van der Waals surface area contributed by atoms with Crippen LogP contribution in [0.15, 0.2) is 35.3 Å². The number of amides is 1. The molecule has 1 saturated heterocycles. The summed E-state index contributed by atoms with van der Waals surface area (Å²) in [6, 6.07) is 5.55. The summed E-state index contributed by atoms with van der Waals surface area (Å²) in [5, 5.41) is 21.0. The summed E-state index contributed by atoms with van der Waals surface area (Å²) in [7, 11) is 2.83. The molecule has 0 spiro atoms. The van der Waals surface area contributed by atoms with Crippen molar-refractivity contribution in [2.24, 2.45) is 0 Å². The van der Waals surface area contributed by atoms with E-state index in [2.05, 4.69) is 10.3 Å². The quantitative estimate of drug-likeness (QED) is 0.604. The molecule has 12 heteroatoms. The van der Waals surface area contributed by atoms with Crippen molar-refractivity contribution in [1.29, 1.82) is 0 Å². The number of aliphatic hydroxyl groups is 2. The van der Waals surface area contributed by atoms with E-state index in [0.717, 1.165) is 12.3 Å². The van der Waals surface area contributed by atoms with E-state index in [1.165, 1.54) is 26.4 Å². The number of nitrogens with zero attached hydrogens (tertiary/aromatic N) is 2. The molecule has 1 aromatic heterocycles. The minimum atomic E-state index is -3.83. The van der Waals surface area contributed by atoms with Gasteiger partial charge < -0.3 is 29.7 Å². The molecule has 1 amide bonds. The van der Waals surface area contributed by atoms with E-state index < -0.39 is 42.6 Å². The van der Waals surface area contributed by atoms with E-state index in [0.29, 0.717) is 16.1 Å². The van der Waals surface area contributed by atoms with Crippen molar-refractivity contribution < 1.29 is 38.0 Å². The standard InChI is InChI=1S/C18H19F2N3O7/c1-28-10-5-9(6-11(7-10)29-2)15(26)21-13-3-4-23(17(27)22-13)16-18(19,20)14(25)12(8-24)30-16/h3-7,12,14,16,24-25H,8H2,1-2H3,(H,21,22,26,27)/t12-,14-,16-/m1/s1.